The summed E-state index contributed by atoms with van der Waals surface area (Å²) in [6, 6.07) is 7.13. The summed E-state index contributed by atoms with van der Waals surface area (Å²) in [6.07, 6.45) is 0. The molecule has 0 aliphatic carbocycles. The summed E-state index contributed by atoms with van der Waals surface area (Å²) in [5.74, 6) is 1.18. The van der Waals surface area contributed by atoms with Gasteiger partial charge in [-0.2, -0.15) is 0 Å². The first-order valence-corrected chi connectivity index (χ1v) is 6.01. The predicted octanol–water partition coefficient (Wildman–Crippen LogP) is 4.11. The van der Waals surface area contributed by atoms with E-state index in [9.17, 15) is 4.79 Å². The highest BCUT2D eigenvalue weighted by Crippen LogP contribution is 2.25. The molecule has 0 aliphatic heterocycles. The smallest absolute Gasteiger partial charge is 0.259 e. The van der Waals surface area contributed by atoms with Crippen LogP contribution in [0.3, 0.4) is 0 Å². The number of rotatable bonds is 2. The van der Waals surface area contributed by atoms with Crippen molar-refractivity contribution in [3.8, 4) is 0 Å². The summed E-state index contributed by atoms with van der Waals surface area (Å²) in [5, 5.41) is 3.31. The quantitative estimate of drug-likeness (QED) is 0.886. The average Bonchev–Trinajstić information content (AvgIpc) is 2.56. The van der Waals surface area contributed by atoms with Crippen molar-refractivity contribution in [3.05, 3.63) is 51.9 Å². The molecule has 0 unspecified atom stereocenters. The van der Waals surface area contributed by atoms with E-state index in [1.807, 2.05) is 26.0 Å². The summed E-state index contributed by atoms with van der Waals surface area (Å²) in [5.41, 5.74) is 2.03. The minimum atomic E-state index is -0.199. The van der Waals surface area contributed by atoms with Crippen LogP contribution in [0.25, 0.3) is 0 Å². The third-order valence-electron chi connectivity index (χ3n) is 2.91. The van der Waals surface area contributed by atoms with Crippen LogP contribution in [0.5, 0.6) is 0 Å². The molecule has 0 saturated heterocycles. The zero-order valence-corrected chi connectivity index (χ0v) is 11.3. The third-order valence-corrected chi connectivity index (χ3v) is 3.24. The number of furan rings is 1. The van der Waals surface area contributed by atoms with Crippen LogP contribution in [0.1, 0.15) is 27.4 Å². The van der Waals surface area contributed by atoms with E-state index in [1.54, 1.807) is 19.1 Å². The number of nitrogens with one attached hydrogen (secondary N) is 1. The molecule has 0 radical (unpaired) electrons. The summed E-state index contributed by atoms with van der Waals surface area (Å²) in [4.78, 5) is 12.2. The molecular formula is C14H14ClNO2. The Labute approximate surface area is 111 Å². The molecule has 1 heterocycles. The third kappa shape index (κ3) is 2.27. The predicted molar refractivity (Wildman–Crippen MR) is 72.3 cm³/mol. The van der Waals surface area contributed by atoms with E-state index in [4.69, 9.17) is 16.0 Å². The number of carbonyl (C=O) groups excluding carboxylic acids is 1. The van der Waals surface area contributed by atoms with Gasteiger partial charge in [0.15, 0.2) is 0 Å². The fourth-order valence-corrected chi connectivity index (χ4v) is 2.06. The summed E-state index contributed by atoms with van der Waals surface area (Å²) in [6.45, 7) is 5.49. The highest BCUT2D eigenvalue weighted by Gasteiger charge is 2.19. The summed E-state index contributed by atoms with van der Waals surface area (Å²) < 4.78 is 5.44. The lowest BCUT2D eigenvalue weighted by atomic mass is 10.1. The molecule has 1 N–H and O–H groups in total. The Bertz CT molecular complexity index is 602. The minimum absolute atomic E-state index is 0.199. The van der Waals surface area contributed by atoms with E-state index in [-0.39, 0.29) is 5.91 Å². The van der Waals surface area contributed by atoms with Gasteiger partial charge in [0.2, 0.25) is 0 Å². The first-order valence-electron chi connectivity index (χ1n) is 5.63. The summed E-state index contributed by atoms with van der Waals surface area (Å²) >= 11 is 6.00. The molecule has 0 saturated carbocycles. The van der Waals surface area contributed by atoms with Crippen molar-refractivity contribution in [2.75, 3.05) is 5.32 Å². The number of amides is 1. The number of aryl methyl sites for hydroxylation is 2. The molecule has 1 aromatic heterocycles. The molecule has 18 heavy (non-hydrogen) atoms. The molecule has 0 spiro atoms. The van der Waals surface area contributed by atoms with E-state index >= 15 is 0 Å². The number of carbonyl (C=O) groups is 1. The van der Waals surface area contributed by atoms with Crippen LogP contribution in [0.2, 0.25) is 5.02 Å². The number of hydrogen-bond acceptors (Lipinski definition) is 2. The Balaban J connectivity index is 2.31. The van der Waals surface area contributed by atoms with E-state index in [0.29, 0.717) is 22.0 Å². The van der Waals surface area contributed by atoms with Gasteiger partial charge in [-0.15, -0.1) is 0 Å². The monoisotopic (exact) mass is 263 g/mol. The SMILES string of the molecule is Cc1oc(C)c(C(=O)Nc2ccccc2Cl)c1C. The normalized spacial score (nSPS) is 10.4. The molecule has 0 atom stereocenters. The van der Waals surface area contributed by atoms with Crippen molar-refractivity contribution in [2.24, 2.45) is 0 Å². The van der Waals surface area contributed by atoms with Crippen LogP contribution in [0, 0.1) is 20.8 Å². The van der Waals surface area contributed by atoms with Gasteiger partial charge in [0.1, 0.15) is 11.5 Å². The standard InChI is InChI=1S/C14H14ClNO2/c1-8-9(2)18-10(3)13(8)14(17)16-12-7-5-4-6-11(12)15/h4-7H,1-3H3,(H,16,17). The Morgan fingerprint density at radius 1 is 1.17 bits per heavy atom. The van der Waals surface area contributed by atoms with Crippen molar-refractivity contribution in [2.45, 2.75) is 20.8 Å². The van der Waals surface area contributed by atoms with Gasteiger partial charge in [-0.1, -0.05) is 23.7 Å². The number of hydrogen-bond donors (Lipinski definition) is 1. The molecular weight excluding hydrogens is 250 g/mol. The second-order valence-corrected chi connectivity index (χ2v) is 4.56. The van der Waals surface area contributed by atoms with Gasteiger partial charge < -0.3 is 9.73 Å². The number of benzene rings is 1. The van der Waals surface area contributed by atoms with Gasteiger partial charge in [-0.3, -0.25) is 4.79 Å². The maximum absolute atomic E-state index is 12.2. The molecule has 2 rings (SSSR count). The fraction of sp³-hybridized carbons (Fsp3) is 0.214. The topological polar surface area (TPSA) is 42.2 Å². The lowest BCUT2D eigenvalue weighted by Gasteiger charge is -2.06. The van der Waals surface area contributed by atoms with Crippen LogP contribution >= 0.6 is 11.6 Å². The molecule has 0 fully saturated rings. The van der Waals surface area contributed by atoms with Crippen molar-refractivity contribution < 1.29 is 9.21 Å². The second kappa shape index (κ2) is 4.86. The van der Waals surface area contributed by atoms with Gasteiger partial charge in [0.05, 0.1) is 16.3 Å². The van der Waals surface area contributed by atoms with E-state index in [2.05, 4.69) is 5.32 Å². The molecule has 0 aliphatic rings. The van der Waals surface area contributed by atoms with Gasteiger partial charge in [-0.05, 0) is 32.9 Å². The molecule has 94 valence electrons. The molecule has 2 aromatic rings. The number of para-hydroxylation sites is 1. The first-order chi connectivity index (χ1) is 8.50. The highest BCUT2D eigenvalue weighted by atomic mass is 35.5. The number of halogens is 1. The van der Waals surface area contributed by atoms with Crippen molar-refractivity contribution in [3.63, 3.8) is 0 Å². The van der Waals surface area contributed by atoms with E-state index < -0.39 is 0 Å². The van der Waals surface area contributed by atoms with E-state index in [1.165, 1.54) is 0 Å². The minimum Gasteiger partial charge on any atom is -0.466 e. The molecule has 4 heteroatoms. The molecule has 0 bridgehead atoms. The zero-order valence-electron chi connectivity index (χ0n) is 10.5. The van der Waals surface area contributed by atoms with E-state index in [0.717, 1.165) is 11.3 Å². The molecule has 1 amide bonds. The highest BCUT2D eigenvalue weighted by molar-refractivity contribution is 6.33. The average molecular weight is 264 g/mol. The summed E-state index contributed by atoms with van der Waals surface area (Å²) in [7, 11) is 0. The van der Waals surface area contributed by atoms with Crippen LogP contribution in [-0.4, -0.2) is 5.91 Å². The van der Waals surface area contributed by atoms with Crippen molar-refractivity contribution in [1.29, 1.82) is 0 Å². The fourth-order valence-electron chi connectivity index (χ4n) is 1.87. The maximum Gasteiger partial charge on any atom is 0.259 e. The Morgan fingerprint density at radius 3 is 2.39 bits per heavy atom. The zero-order chi connectivity index (χ0) is 13.3. The van der Waals surface area contributed by atoms with Gasteiger partial charge in [-0.25, -0.2) is 0 Å². The lowest BCUT2D eigenvalue weighted by molar-refractivity contribution is 0.102. The van der Waals surface area contributed by atoms with Gasteiger partial charge in [0.25, 0.3) is 5.91 Å². The van der Waals surface area contributed by atoms with Crippen LogP contribution < -0.4 is 5.32 Å². The van der Waals surface area contributed by atoms with Crippen molar-refractivity contribution >= 4 is 23.2 Å². The van der Waals surface area contributed by atoms with Crippen LogP contribution in [0.4, 0.5) is 5.69 Å². The van der Waals surface area contributed by atoms with Crippen LogP contribution in [0.15, 0.2) is 28.7 Å². The lowest BCUT2D eigenvalue weighted by Crippen LogP contribution is -2.13. The second-order valence-electron chi connectivity index (χ2n) is 4.15. The number of anilines is 1. The Hall–Kier alpha value is -1.74. The Morgan fingerprint density at radius 2 is 1.83 bits per heavy atom. The molecule has 3 nitrogen and oxygen atoms in total. The molecule has 1 aromatic carbocycles. The largest absolute Gasteiger partial charge is 0.466 e. The van der Waals surface area contributed by atoms with Gasteiger partial charge >= 0.3 is 0 Å². The van der Waals surface area contributed by atoms with Crippen LogP contribution in [-0.2, 0) is 0 Å². The Kier molecular flexibility index (Phi) is 3.43. The van der Waals surface area contributed by atoms with Gasteiger partial charge in [0, 0.05) is 5.56 Å². The maximum atomic E-state index is 12.2. The first kappa shape index (κ1) is 12.7. The van der Waals surface area contributed by atoms with Crippen molar-refractivity contribution in [1.82, 2.24) is 0 Å².